The summed E-state index contributed by atoms with van der Waals surface area (Å²) in [6.45, 7) is 8.21. The summed E-state index contributed by atoms with van der Waals surface area (Å²) < 4.78 is 0. The quantitative estimate of drug-likeness (QED) is 0.936. The molecule has 22 heavy (non-hydrogen) atoms. The predicted molar refractivity (Wildman–Crippen MR) is 87.0 cm³/mol. The number of carbonyl (C=O) groups excluding carboxylic acids is 1. The third kappa shape index (κ3) is 3.04. The molecule has 2 heterocycles. The van der Waals surface area contributed by atoms with E-state index in [9.17, 15) is 4.79 Å². The average molecular weight is 316 g/mol. The summed E-state index contributed by atoms with van der Waals surface area (Å²) in [5.41, 5.74) is 1.86. The minimum Gasteiger partial charge on any atom is -0.356 e. The van der Waals surface area contributed by atoms with Crippen molar-refractivity contribution in [3.05, 3.63) is 39.1 Å². The van der Waals surface area contributed by atoms with Crippen LogP contribution < -0.4 is 0 Å². The van der Waals surface area contributed by atoms with Crippen molar-refractivity contribution in [3.63, 3.8) is 0 Å². The van der Waals surface area contributed by atoms with E-state index < -0.39 is 0 Å². The van der Waals surface area contributed by atoms with Gasteiger partial charge in [-0.15, -0.1) is 11.3 Å². The van der Waals surface area contributed by atoms with Crippen LogP contribution in [0.15, 0.2) is 12.3 Å². The van der Waals surface area contributed by atoms with E-state index in [4.69, 9.17) is 5.26 Å². The molecule has 0 bridgehead atoms. The van der Waals surface area contributed by atoms with Crippen molar-refractivity contribution in [1.29, 1.82) is 5.26 Å². The fourth-order valence-corrected chi connectivity index (χ4v) is 3.35. The van der Waals surface area contributed by atoms with Crippen molar-refractivity contribution in [1.82, 2.24) is 14.9 Å². The fraction of sp³-hybridized carbons (Fsp3) is 0.438. The smallest absolute Gasteiger partial charge is 0.270 e. The van der Waals surface area contributed by atoms with E-state index in [0.29, 0.717) is 17.2 Å². The number of H-pyrrole nitrogens is 1. The monoisotopic (exact) mass is 316 g/mol. The summed E-state index contributed by atoms with van der Waals surface area (Å²) >= 11 is 1.66. The molecule has 1 atom stereocenters. The van der Waals surface area contributed by atoms with Crippen LogP contribution in [0.2, 0.25) is 0 Å². The second-order valence-corrected chi connectivity index (χ2v) is 6.72. The van der Waals surface area contributed by atoms with Crippen molar-refractivity contribution in [3.8, 4) is 6.07 Å². The van der Waals surface area contributed by atoms with Gasteiger partial charge >= 0.3 is 0 Å². The third-order valence-electron chi connectivity index (χ3n) is 3.67. The normalized spacial score (nSPS) is 12.2. The largest absolute Gasteiger partial charge is 0.356 e. The van der Waals surface area contributed by atoms with Crippen molar-refractivity contribution >= 4 is 17.2 Å². The van der Waals surface area contributed by atoms with Gasteiger partial charge in [0, 0.05) is 24.0 Å². The molecule has 0 aliphatic carbocycles. The van der Waals surface area contributed by atoms with Gasteiger partial charge in [0.2, 0.25) is 0 Å². The summed E-state index contributed by atoms with van der Waals surface area (Å²) in [6, 6.07) is 3.53. The molecule has 5 nitrogen and oxygen atoms in total. The molecule has 1 N–H and O–H groups in total. The van der Waals surface area contributed by atoms with Crippen LogP contribution in [0.25, 0.3) is 0 Å². The van der Waals surface area contributed by atoms with E-state index in [2.05, 4.69) is 23.8 Å². The Bertz CT molecular complexity index is 723. The number of aromatic amines is 1. The van der Waals surface area contributed by atoms with Gasteiger partial charge in [0.05, 0.1) is 22.3 Å². The standard InChI is InChI=1S/C16H20N4OS/c1-9(2)15-19-10(3)14(22-15)11(4)20(5)16(21)13-6-12(7-17)8-18-13/h6,8-9,11,18H,1-5H3/t11-/m0/s1. The van der Waals surface area contributed by atoms with Gasteiger partial charge in [-0.25, -0.2) is 4.98 Å². The Morgan fingerprint density at radius 3 is 2.64 bits per heavy atom. The van der Waals surface area contributed by atoms with Crippen LogP contribution in [0.5, 0.6) is 0 Å². The number of nitriles is 1. The van der Waals surface area contributed by atoms with Crippen LogP contribution in [0.3, 0.4) is 0 Å². The zero-order valence-corrected chi connectivity index (χ0v) is 14.3. The molecule has 6 heteroatoms. The second kappa shape index (κ2) is 6.32. The molecule has 0 aromatic carbocycles. The number of nitrogens with zero attached hydrogens (tertiary/aromatic N) is 3. The minimum absolute atomic E-state index is 0.0636. The summed E-state index contributed by atoms with van der Waals surface area (Å²) in [5, 5.41) is 9.94. The van der Waals surface area contributed by atoms with Crippen LogP contribution >= 0.6 is 11.3 Å². The van der Waals surface area contributed by atoms with E-state index in [1.54, 1.807) is 35.5 Å². The van der Waals surface area contributed by atoms with Gasteiger partial charge < -0.3 is 9.88 Å². The summed E-state index contributed by atoms with van der Waals surface area (Å²) in [6.07, 6.45) is 1.54. The van der Waals surface area contributed by atoms with Gasteiger partial charge in [-0.05, 0) is 19.9 Å². The second-order valence-electron chi connectivity index (χ2n) is 5.66. The van der Waals surface area contributed by atoms with Crippen LogP contribution in [-0.2, 0) is 0 Å². The fourth-order valence-electron chi connectivity index (χ4n) is 2.19. The first kappa shape index (κ1) is 16.2. The van der Waals surface area contributed by atoms with Gasteiger partial charge in [-0.1, -0.05) is 13.8 Å². The number of amides is 1. The number of nitrogens with one attached hydrogen (secondary N) is 1. The van der Waals surface area contributed by atoms with Gasteiger partial charge in [0.1, 0.15) is 11.8 Å². The van der Waals surface area contributed by atoms with Crippen molar-refractivity contribution in [2.45, 2.75) is 39.7 Å². The first-order valence-electron chi connectivity index (χ1n) is 7.18. The van der Waals surface area contributed by atoms with Crippen molar-refractivity contribution in [2.24, 2.45) is 0 Å². The molecule has 0 aliphatic heterocycles. The van der Waals surface area contributed by atoms with E-state index >= 15 is 0 Å². The lowest BCUT2D eigenvalue weighted by atomic mass is 10.2. The molecule has 2 aromatic heterocycles. The minimum atomic E-state index is -0.132. The summed E-state index contributed by atoms with van der Waals surface area (Å²) in [4.78, 5) is 22.7. The third-order valence-corrected chi connectivity index (χ3v) is 5.29. The van der Waals surface area contributed by atoms with Crippen molar-refractivity contribution < 1.29 is 4.79 Å². The number of hydrogen-bond donors (Lipinski definition) is 1. The van der Waals surface area contributed by atoms with Gasteiger partial charge in [0.25, 0.3) is 5.91 Å². The molecule has 0 spiro atoms. The van der Waals surface area contributed by atoms with Crippen LogP contribution in [0.4, 0.5) is 0 Å². The number of carbonyl (C=O) groups is 1. The van der Waals surface area contributed by atoms with Gasteiger partial charge in [-0.3, -0.25) is 4.79 Å². The first-order chi connectivity index (χ1) is 10.3. The highest BCUT2D eigenvalue weighted by atomic mass is 32.1. The maximum atomic E-state index is 12.5. The maximum absolute atomic E-state index is 12.5. The zero-order chi connectivity index (χ0) is 16.4. The molecule has 1 amide bonds. The number of rotatable bonds is 4. The Hall–Kier alpha value is -2.13. The highest BCUT2D eigenvalue weighted by molar-refractivity contribution is 7.11. The number of thiazole rings is 1. The zero-order valence-electron chi connectivity index (χ0n) is 13.5. The molecule has 0 unspecified atom stereocenters. The average Bonchev–Trinajstić information content (AvgIpc) is 3.11. The highest BCUT2D eigenvalue weighted by Crippen LogP contribution is 2.32. The molecule has 2 aromatic rings. The predicted octanol–water partition coefficient (Wildman–Crippen LogP) is 3.61. The Morgan fingerprint density at radius 2 is 2.14 bits per heavy atom. The Kier molecular flexibility index (Phi) is 4.67. The van der Waals surface area contributed by atoms with Crippen LogP contribution in [0, 0.1) is 18.3 Å². The molecule has 116 valence electrons. The number of aryl methyl sites for hydroxylation is 1. The lowest BCUT2D eigenvalue weighted by molar-refractivity contribution is 0.0739. The molecule has 0 fully saturated rings. The maximum Gasteiger partial charge on any atom is 0.270 e. The summed E-state index contributed by atoms with van der Waals surface area (Å²) in [7, 11) is 1.77. The van der Waals surface area contributed by atoms with E-state index in [-0.39, 0.29) is 11.9 Å². The van der Waals surface area contributed by atoms with Gasteiger partial charge in [-0.2, -0.15) is 5.26 Å². The summed E-state index contributed by atoms with van der Waals surface area (Å²) in [5.74, 6) is 0.250. The number of aromatic nitrogens is 2. The Balaban J connectivity index is 2.23. The lowest BCUT2D eigenvalue weighted by Crippen LogP contribution is -2.29. The van der Waals surface area contributed by atoms with Gasteiger partial charge in [0.15, 0.2) is 0 Å². The molecule has 0 radical (unpaired) electrons. The topological polar surface area (TPSA) is 72.8 Å². The van der Waals surface area contributed by atoms with Crippen LogP contribution in [0.1, 0.15) is 64.4 Å². The van der Waals surface area contributed by atoms with E-state index in [1.807, 2.05) is 19.9 Å². The van der Waals surface area contributed by atoms with Crippen molar-refractivity contribution in [2.75, 3.05) is 7.05 Å². The van der Waals surface area contributed by atoms with E-state index in [1.165, 1.54) is 0 Å². The molecular weight excluding hydrogens is 296 g/mol. The first-order valence-corrected chi connectivity index (χ1v) is 7.99. The molecule has 0 saturated heterocycles. The van der Waals surface area contributed by atoms with Crippen LogP contribution in [-0.4, -0.2) is 27.8 Å². The number of hydrogen-bond acceptors (Lipinski definition) is 4. The molecular formula is C16H20N4OS. The molecule has 0 saturated carbocycles. The SMILES string of the molecule is Cc1nc(C(C)C)sc1[C@H](C)N(C)C(=O)c1cc(C#N)c[nH]1. The molecule has 0 aliphatic rings. The lowest BCUT2D eigenvalue weighted by Gasteiger charge is -2.24. The Labute approximate surface area is 134 Å². The Morgan fingerprint density at radius 1 is 1.45 bits per heavy atom. The molecule has 2 rings (SSSR count). The van der Waals surface area contributed by atoms with E-state index in [0.717, 1.165) is 15.6 Å². The highest BCUT2D eigenvalue weighted by Gasteiger charge is 2.24.